The summed E-state index contributed by atoms with van der Waals surface area (Å²) in [5.41, 5.74) is 0. The van der Waals surface area contributed by atoms with Gasteiger partial charge in [-0.3, -0.25) is 4.79 Å². The highest BCUT2D eigenvalue weighted by molar-refractivity contribution is 5.76. The van der Waals surface area contributed by atoms with Crippen LogP contribution >= 0.6 is 0 Å². The molecule has 0 bridgehead atoms. The summed E-state index contributed by atoms with van der Waals surface area (Å²) < 4.78 is 4.04. The Hall–Kier alpha value is -1.32. The van der Waals surface area contributed by atoms with Gasteiger partial charge in [-0.05, 0) is 19.3 Å². The number of rotatable bonds is 2. The highest BCUT2D eigenvalue weighted by Gasteiger charge is 2.20. The molecule has 1 aliphatic heterocycles. The third kappa shape index (κ3) is 2.26. The molecule has 0 atom stereocenters. The molecule has 0 unspecified atom stereocenters. The minimum atomic E-state index is 0.249. The van der Waals surface area contributed by atoms with Crippen LogP contribution < -0.4 is 4.57 Å². The van der Waals surface area contributed by atoms with Crippen LogP contribution in [0.25, 0.3) is 0 Å². The fourth-order valence-electron chi connectivity index (χ4n) is 2.15. The maximum Gasteiger partial charge on any atom is 0.264 e. The first-order valence-electron chi connectivity index (χ1n) is 5.97. The van der Waals surface area contributed by atoms with Crippen molar-refractivity contribution >= 4 is 5.91 Å². The number of imidazole rings is 1. The molecule has 1 amide bonds. The standard InChI is InChI=1S/C12H20N3O/c1-11-13(2)8-9-15(11)10-12(16)14-6-4-3-5-7-14/h8-9H,3-7,10H2,1-2H3/q+1. The van der Waals surface area contributed by atoms with Crippen LogP contribution in [0, 0.1) is 6.92 Å². The van der Waals surface area contributed by atoms with Crippen molar-refractivity contribution in [3.63, 3.8) is 0 Å². The SMILES string of the molecule is Cc1n(CC(=O)N2CCCCC2)cc[n+]1C. The van der Waals surface area contributed by atoms with Crippen LogP contribution in [0.15, 0.2) is 12.4 Å². The Morgan fingerprint density at radius 1 is 1.38 bits per heavy atom. The molecule has 88 valence electrons. The molecule has 0 spiro atoms. The molecule has 1 aliphatic rings. The van der Waals surface area contributed by atoms with Crippen molar-refractivity contribution in [1.82, 2.24) is 9.47 Å². The van der Waals surface area contributed by atoms with E-state index in [0.29, 0.717) is 6.54 Å². The number of nitrogens with zero attached hydrogens (tertiary/aromatic N) is 3. The van der Waals surface area contributed by atoms with Crippen LogP contribution in [0.4, 0.5) is 0 Å². The smallest absolute Gasteiger partial charge is 0.264 e. The molecule has 0 radical (unpaired) electrons. The van der Waals surface area contributed by atoms with E-state index in [1.54, 1.807) is 0 Å². The Morgan fingerprint density at radius 3 is 2.62 bits per heavy atom. The van der Waals surface area contributed by atoms with Gasteiger partial charge in [0.25, 0.3) is 11.7 Å². The second kappa shape index (κ2) is 4.68. The fourth-order valence-corrected chi connectivity index (χ4v) is 2.15. The van der Waals surface area contributed by atoms with Gasteiger partial charge >= 0.3 is 0 Å². The number of amides is 1. The lowest BCUT2D eigenvalue weighted by molar-refractivity contribution is -0.677. The zero-order valence-corrected chi connectivity index (χ0v) is 10.1. The average molecular weight is 222 g/mol. The highest BCUT2D eigenvalue weighted by Crippen LogP contribution is 2.09. The zero-order chi connectivity index (χ0) is 11.5. The maximum absolute atomic E-state index is 12.0. The van der Waals surface area contributed by atoms with Crippen LogP contribution in [0.1, 0.15) is 25.1 Å². The second-order valence-corrected chi connectivity index (χ2v) is 4.53. The summed E-state index contributed by atoms with van der Waals surface area (Å²) in [6, 6.07) is 0. The summed E-state index contributed by atoms with van der Waals surface area (Å²) in [6.07, 6.45) is 7.53. The molecular formula is C12H20N3O+. The molecule has 1 aromatic rings. The Balaban J connectivity index is 1.98. The molecule has 1 fully saturated rings. The summed E-state index contributed by atoms with van der Waals surface area (Å²) in [5, 5.41) is 0. The number of carbonyl (C=O) groups is 1. The Bertz CT molecular complexity index is 378. The number of aromatic nitrogens is 2. The number of piperidine rings is 1. The molecule has 2 heterocycles. The van der Waals surface area contributed by atoms with Gasteiger partial charge in [0.15, 0.2) is 6.54 Å². The predicted molar refractivity (Wildman–Crippen MR) is 60.8 cm³/mol. The van der Waals surface area contributed by atoms with Crippen LogP contribution in [0.2, 0.25) is 0 Å². The van der Waals surface area contributed by atoms with Gasteiger partial charge < -0.3 is 4.90 Å². The molecule has 4 heteroatoms. The summed E-state index contributed by atoms with van der Waals surface area (Å²) in [6.45, 7) is 4.38. The van der Waals surface area contributed by atoms with Crippen LogP contribution in [0.5, 0.6) is 0 Å². The lowest BCUT2D eigenvalue weighted by atomic mass is 10.1. The third-order valence-electron chi connectivity index (χ3n) is 3.41. The predicted octanol–water partition coefficient (Wildman–Crippen LogP) is 0.634. The van der Waals surface area contributed by atoms with Crippen molar-refractivity contribution in [2.24, 2.45) is 7.05 Å². The number of aryl methyl sites for hydroxylation is 1. The van der Waals surface area contributed by atoms with Crippen molar-refractivity contribution in [2.45, 2.75) is 32.7 Å². The van der Waals surface area contributed by atoms with Gasteiger partial charge in [-0.2, -0.15) is 0 Å². The first-order valence-corrected chi connectivity index (χ1v) is 5.97. The number of carbonyl (C=O) groups excluding carboxylic acids is 1. The van der Waals surface area contributed by atoms with E-state index in [9.17, 15) is 4.79 Å². The van der Waals surface area contributed by atoms with Gasteiger partial charge in [-0.25, -0.2) is 9.13 Å². The minimum Gasteiger partial charge on any atom is -0.339 e. The molecule has 2 rings (SSSR count). The first kappa shape index (κ1) is 11.2. The molecule has 16 heavy (non-hydrogen) atoms. The van der Waals surface area contributed by atoms with Crippen LogP contribution in [-0.2, 0) is 18.4 Å². The first-order chi connectivity index (χ1) is 7.68. The van der Waals surface area contributed by atoms with Crippen molar-refractivity contribution in [3.05, 3.63) is 18.2 Å². The summed E-state index contributed by atoms with van der Waals surface area (Å²) in [4.78, 5) is 14.0. The molecule has 0 N–H and O–H groups in total. The summed E-state index contributed by atoms with van der Waals surface area (Å²) >= 11 is 0. The Kier molecular flexibility index (Phi) is 3.27. The quantitative estimate of drug-likeness (QED) is 0.675. The molecule has 4 nitrogen and oxygen atoms in total. The van der Waals surface area contributed by atoms with Crippen LogP contribution in [0.3, 0.4) is 0 Å². The number of hydrogen-bond acceptors (Lipinski definition) is 1. The van der Waals surface area contributed by atoms with E-state index in [1.807, 2.05) is 40.4 Å². The van der Waals surface area contributed by atoms with Crippen LogP contribution in [-0.4, -0.2) is 28.5 Å². The summed E-state index contributed by atoms with van der Waals surface area (Å²) in [7, 11) is 2.00. The molecular weight excluding hydrogens is 202 g/mol. The second-order valence-electron chi connectivity index (χ2n) is 4.53. The van der Waals surface area contributed by atoms with E-state index in [2.05, 4.69) is 0 Å². The Labute approximate surface area is 96.5 Å². The van der Waals surface area contributed by atoms with E-state index in [1.165, 1.54) is 6.42 Å². The van der Waals surface area contributed by atoms with E-state index in [0.717, 1.165) is 31.8 Å². The van der Waals surface area contributed by atoms with E-state index < -0.39 is 0 Å². The molecule has 1 aromatic heterocycles. The van der Waals surface area contributed by atoms with Crippen molar-refractivity contribution < 1.29 is 9.36 Å². The lowest BCUT2D eigenvalue weighted by Crippen LogP contribution is -2.38. The average Bonchev–Trinajstić information content (AvgIpc) is 2.62. The maximum atomic E-state index is 12.0. The van der Waals surface area contributed by atoms with E-state index >= 15 is 0 Å². The van der Waals surface area contributed by atoms with Crippen molar-refractivity contribution in [1.29, 1.82) is 0 Å². The monoisotopic (exact) mass is 222 g/mol. The van der Waals surface area contributed by atoms with Crippen molar-refractivity contribution in [2.75, 3.05) is 13.1 Å². The van der Waals surface area contributed by atoms with Gasteiger partial charge in [0.1, 0.15) is 12.4 Å². The zero-order valence-electron chi connectivity index (χ0n) is 10.1. The highest BCUT2D eigenvalue weighted by atomic mass is 16.2. The van der Waals surface area contributed by atoms with Gasteiger partial charge in [0, 0.05) is 20.0 Å². The van der Waals surface area contributed by atoms with Gasteiger partial charge in [-0.1, -0.05) is 0 Å². The normalized spacial score (nSPS) is 16.5. The third-order valence-corrected chi connectivity index (χ3v) is 3.41. The fraction of sp³-hybridized carbons (Fsp3) is 0.667. The van der Waals surface area contributed by atoms with Gasteiger partial charge in [0.05, 0.1) is 7.05 Å². The molecule has 0 saturated carbocycles. The largest absolute Gasteiger partial charge is 0.339 e. The van der Waals surface area contributed by atoms with Gasteiger partial charge in [0.2, 0.25) is 0 Å². The topological polar surface area (TPSA) is 29.1 Å². The van der Waals surface area contributed by atoms with Gasteiger partial charge in [-0.15, -0.1) is 0 Å². The van der Waals surface area contributed by atoms with E-state index in [4.69, 9.17) is 0 Å². The molecule has 0 aliphatic carbocycles. The number of likely N-dealkylation sites (tertiary alicyclic amines) is 1. The lowest BCUT2D eigenvalue weighted by Gasteiger charge is -2.25. The van der Waals surface area contributed by atoms with Crippen molar-refractivity contribution in [3.8, 4) is 0 Å². The summed E-state index contributed by atoms with van der Waals surface area (Å²) in [5.74, 6) is 1.37. The minimum absolute atomic E-state index is 0.249. The van der Waals surface area contributed by atoms with E-state index in [-0.39, 0.29) is 5.91 Å². The Morgan fingerprint density at radius 2 is 2.06 bits per heavy atom. The molecule has 0 aromatic carbocycles. The molecule has 1 saturated heterocycles. The number of hydrogen-bond donors (Lipinski definition) is 0.